The fraction of sp³-hybridized carbons (Fsp3) is 0.692. The molecule has 0 fully saturated rings. The quantitative estimate of drug-likeness (QED) is 0.509. The molecule has 80 valence electrons. The SMILES string of the molecule is C#CC[C@H](O)C[C@H](C)CCC=C(C)C. The van der Waals surface area contributed by atoms with E-state index in [0.29, 0.717) is 12.3 Å². The molecule has 0 rings (SSSR count). The molecule has 0 aromatic heterocycles. The molecule has 0 radical (unpaired) electrons. The Morgan fingerprint density at radius 2 is 2.14 bits per heavy atom. The molecule has 1 heteroatoms. The Balaban J connectivity index is 3.60. The van der Waals surface area contributed by atoms with Crippen molar-refractivity contribution in [1.29, 1.82) is 0 Å². The molecule has 0 aliphatic rings. The second-order valence-electron chi connectivity index (χ2n) is 4.26. The highest BCUT2D eigenvalue weighted by atomic mass is 16.3. The summed E-state index contributed by atoms with van der Waals surface area (Å²) in [4.78, 5) is 0. The van der Waals surface area contributed by atoms with Gasteiger partial charge < -0.3 is 5.11 Å². The maximum atomic E-state index is 9.47. The predicted octanol–water partition coefficient (Wildman–Crippen LogP) is 3.14. The van der Waals surface area contributed by atoms with E-state index < -0.39 is 0 Å². The Morgan fingerprint density at radius 3 is 2.64 bits per heavy atom. The van der Waals surface area contributed by atoms with Gasteiger partial charge in [-0.15, -0.1) is 12.3 Å². The molecule has 0 bridgehead atoms. The van der Waals surface area contributed by atoms with Crippen molar-refractivity contribution in [3.63, 3.8) is 0 Å². The summed E-state index contributed by atoms with van der Waals surface area (Å²) in [5.74, 6) is 3.04. The van der Waals surface area contributed by atoms with E-state index in [2.05, 4.69) is 32.8 Å². The molecule has 14 heavy (non-hydrogen) atoms. The average molecular weight is 194 g/mol. The molecule has 2 atom stereocenters. The first-order chi connectivity index (χ1) is 6.56. The topological polar surface area (TPSA) is 20.2 Å². The molecule has 0 aromatic rings. The molecular weight excluding hydrogens is 172 g/mol. The van der Waals surface area contributed by atoms with Crippen LogP contribution in [0.4, 0.5) is 0 Å². The van der Waals surface area contributed by atoms with Crippen molar-refractivity contribution in [3.8, 4) is 12.3 Å². The van der Waals surface area contributed by atoms with Crippen molar-refractivity contribution in [2.45, 2.75) is 52.6 Å². The number of hydrogen-bond donors (Lipinski definition) is 1. The largest absolute Gasteiger partial charge is 0.392 e. The van der Waals surface area contributed by atoms with Crippen LogP contribution in [0.5, 0.6) is 0 Å². The molecule has 0 aliphatic carbocycles. The minimum Gasteiger partial charge on any atom is -0.392 e. The molecular formula is C13H22O. The number of terminal acetylenes is 1. The highest BCUT2D eigenvalue weighted by Gasteiger charge is 2.08. The Labute approximate surface area is 88.2 Å². The van der Waals surface area contributed by atoms with Crippen LogP contribution in [0.15, 0.2) is 11.6 Å². The summed E-state index contributed by atoms with van der Waals surface area (Å²) in [5, 5.41) is 9.47. The minimum atomic E-state index is -0.318. The third kappa shape index (κ3) is 7.89. The fourth-order valence-corrected chi connectivity index (χ4v) is 1.46. The van der Waals surface area contributed by atoms with Crippen molar-refractivity contribution in [3.05, 3.63) is 11.6 Å². The molecule has 0 spiro atoms. The van der Waals surface area contributed by atoms with E-state index in [1.165, 1.54) is 5.57 Å². The van der Waals surface area contributed by atoms with Gasteiger partial charge in [-0.25, -0.2) is 0 Å². The first kappa shape index (κ1) is 13.3. The van der Waals surface area contributed by atoms with Crippen LogP contribution in [0.1, 0.15) is 46.5 Å². The van der Waals surface area contributed by atoms with E-state index in [9.17, 15) is 5.11 Å². The first-order valence-electron chi connectivity index (χ1n) is 5.31. The van der Waals surface area contributed by atoms with Crippen LogP contribution in [0.2, 0.25) is 0 Å². The fourth-order valence-electron chi connectivity index (χ4n) is 1.46. The van der Waals surface area contributed by atoms with Gasteiger partial charge >= 0.3 is 0 Å². The first-order valence-corrected chi connectivity index (χ1v) is 5.31. The van der Waals surface area contributed by atoms with Gasteiger partial charge in [-0.1, -0.05) is 18.6 Å². The summed E-state index contributed by atoms with van der Waals surface area (Å²) in [5.41, 5.74) is 1.36. The summed E-state index contributed by atoms with van der Waals surface area (Å²) < 4.78 is 0. The zero-order valence-electron chi connectivity index (χ0n) is 9.59. The van der Waals surface area contributed by atoms with Crippen molar-refractivity contribution in [2.24, 2.45) is 5.92 Å². The van der Waals surface area contributed by atoms with Crippen LogP contribution in [0.25, 0.3) is 0 Å². The van der Waals surface area contributed by atoms with E-state index in [4.69, 9.17) is 6.42 Å². The van der Waals surface area contributed by atoms with Gasteiger partial charge in [0.2, 0.25) is 0 Å². The van der Waals surface area contributed by atoms with Crippen molar-refractivity contribution in [1.82, 2.24) is 0 Å². The van der Waals surface area contributed by atoms with E-state index in [1.54, 1.807) is 0 Å². The molecule has 0 amide bonds. The van der Waals surface area contributed by atoms with Gasteiger partial charge in [-0.2, -0.15) is 0 Å². The van der Waals surface area contributed by atoms with E-state index >= 15 is 0 Å². The average Bonchev–Trinajstić information content (AvgIpc) is 2.03. The summed E-state index contributed by atoms with van der Waals surface area (Å²) in [6.07, 6.45) is 10.6. The van der Waals surface area contributed by atoms with Gasteiger partial charge in [0.15, 0.2) is 0 Å². The van der Waals surface area contributed by atoms with Crippen LogP contribution in [0, 0.1) is 18.3 Å². The van der Waals surface area contributed by atoms with Gasteiger partial charge in [-0.3, -0.25) is 0 Å². The Bertz CT molecular complexity index is 206. The lowest BCUT2D eigenvalue weighted by Gasteiger charge is -2.13. The van der Waals surface area contributed by atoms with E-state index in [1.807, 2.05) is 0 Å². The molecule has 0 saturated heterocycles. The van der Waals surface area contributed by atoms with Crippen LogP contribution in [-0.4, -0.2) is 11.2 Å². The molecule has 0 aliphatic heterocycles. The molecule has 0 saturated carbocycles. The lowest BCUT2D eigenvalue weighted by molar-refractivity contribution is 0.148. The number of aliphatic hydroxyl groups is 1. The lowest BCUT2D eigenvalue weighted by atomic mass is 9.96. The molecule has 0 heterocycles. The van der Waals surface area contributed by atoms with Crippen LogP contribution < -0.4 is 0 Å². The van der Waals surface area contributed by atoms with Gasteiger partial charge in [0.25, 0.3) is 0 Å². The Kier molecular flexibility index (Phi) is 7.24. The minimum absolute atomic E-state index is 0.318. The zero-order chi connectivity index (χ0) is 11.0. The van der Waals surface area contributed by atoms with Crippen molar-refractivity contribution >= 4 is 0 Å². The lowest BCUT2D eigenvalue weighted by Crippen LogP contribution is -2.10. The highest BCUT2D eigenvalue weighted by molar-refractivity contribution is 4.93. The summed E-state index contributed by atoms with van der Waals surface area (Å²) in [6.45, 7) is 6.38. The van der Waals surface area contributed by atoms with Crippen molar-refractivity contribution in [2.75, 3.05) is 0 Å². The second-order valence-corrected chi connectivity index (χ2v) is 4.26. The van der Waals surface area contributed by atoms with Crippen LogP contribution >= 0.6 is 0 Å². The van der Waals surface area contributed by atoms with Crippen LogP contribution in [0.3, 0.4) is 0 Å². The number of hydrogen-bond acceptors (Lipinski definition) is 1. The van der Waals surface area contributed by atoms with Crippen molar-refractivity contribution < 1.29 is 5.11 Å². The Hall–Kier alpha value is -0.740. The maximum Gasteiger partial charge on any atom is 0.0651 e. The highest BCUT2D eigenvalue weighted by Crippen LogP contribution is 2.15. The summed E-state index contributed by atoms with van der Waals surface area (Å²) in [6, 6.07) is 0. The standard InChI is InChI=1S/C13H22O/c1-5-7-13(14)10-12(4)9-6-8-11(2)3/h1,8,12-14H,6-7,9-10H2,2-4H3/t12-,13+/m1/s1. The van der Waals surface area contributed by atoms with Gasteiger partial charge in [0.05, 0.1) is 6.10 Å². The van der Waals surface area contributed by atoms with E-state index in [0.717, 1.165) is 19.3 Å². The third-order valence-electron chi connectivity index (χ3n) is 2.24. The Morgan fingerprint density at radius 1 is 1.50 bits per heavy atom. The molecule has 1 nitrogen and oxygen atoms in total. The van der Waals surface area contributed by atoms with Gasteiger partial charge in [-0.05, 0) is 39.0 Å². The zero-order valence-corrected chi connectivity index (χ0v) is 9.59. The van der Waals surface area contributed by atoms with Gasteiger partial charge in [0.1, 0.15) is 0 Å². The van der Waals surface area contributed by atoms with Gasteiger partial charge in [0, 0.05) is 6.42 Å². The normalized spacial score (nSPS) is 14.2. The molecule has 0 aromatic carbocycles. The monoisotopic (exact) mass is 194 g/mol. The maximum absolute atomic E-state index is 9.47. The molecule has 1 N–H and O–H groups in total. The van der Waals surface area contributed by atoms with E-state index in [-0.39, 0.29) is 6.10 Å². The number of rotatable bonds is 6. The molecule has 0 unspecified atom stereocenters. The third-order valence-corrected chi connectivity index (χ3v) is 2.24. The number of allylic oxidation sites excluding steroid dienone is 2. The smallest absolute Gasteiger partial charge is 0.0651 e. The van der Waals surface area contributed by atoms with Crippen LogP contribution in [-0.2, 0) is 0 Å². The summed E-state index contributed by atoms with van der Waals surface area (Å²) in [7, 11) is 0. The second kappa shape index (κ2) is 7.64. The number of aliphatic hydroxyl groups excluding tert-OH is 1. The predicted molar refractivity (Wildman–Crippen MR) is 61.9 cm³/mol. The summed E-state index contributed by atoms with van der Waals surface area (Å²) >= 11 is 0.